The Hall–Kier alpha value is -17.3. The van der Waals surface area contributed by atoms with Crippen LogP contribution in [0.4, 0.5) is 0 Å². The van der Waals surface area contributed by atoms with Crippen molar-refractivity contribution in [1.29, 1.82) is 0 Å². The molecule has 4 aliphatic rings. The first-order chi connectivity index (χ1) is 72.0. The van der Waals surface area contributed by atoms with Gasteiger partial charge < -0.3 is 36.5 Å². The van der Waals surface area contributed by atoms with Gasteiger partial charge in [0.15, 0.2) is 28.6 Å². The Balaban J connectivity index is 0.0000000944. The number of para-hydroxylation sites is 6. The van der Waals surface area contributed by atoms with E-state index in [0.29, 0.717) is 0 Å². The van der Waals surface area contributed by atoms with E-state index in [1.165, 1.54) is 48.8 Å². The third kappa shape index (κ3) is 13.1. The van der Waals surface area contributed by atoms with Gasteiger partial charge in [-0.25, -0.2) is 0 Å². The molecule has 4 aromatic heterocycles. The highest BCUT2D eigenvalue weighted by Crippen LogP contribution is 2.59. The SMILES string of the molecule is O=P1(c2ccccc2)c2ccccc2-c2cc3c(cc21)c1ccccc1n3-c1ccc2ccccc2c1.O=P1(c2ccccc2)c2ccccc2-c2cc3c(cc21)c1ccccc1n3-c1cccc2ccccc12.O=P1(c2ccccc2)c2ccccc2-c2cc3c(cc21)c1ccccc1n3-c1ccccc1.O=P1(c2ccccc2)c2ccccc2-c2cc3c(cc21)c1ccccc1n3-c1ccccc1-c1ccccc1. The molecule has 0 amide bonds. The molecule has 0 aliphatic carbocycles. The average molecular weight is 1940 g/mol. The van der Waals surface area contributed by atoms with E-state index in [4.69, 9.17) is 0 Å². The Morgan fingerprint density at radius 3 is 0.795 bits per heavy atom. The zero-order chi connectivity index (χ0) is 97.1. The molecule has 27 aromatic rings. The van der Waals surface area contributed by atoms with Crippen molar-refractivity contribution in [2.45, 2.75) is 0 Å². The van der Waals surface area contributed by atoms with Crippen molar-refractivity contribution in [2.75, 3.05) is 0 Å². The van der Waals surface area contributed by atoms with Gasteiger partial charge in [0, 0.05) is 129 Å². The Morgan fingerprint density at radius 1 is 0.137 bits per heavy atom. The van der Waals surface area contributed by atoms with Crippen molar-refractivity contribution >= 4 is 201 Å². The van der Waals surface area contributed by atoms with E-state index < -0.39 is 28.6 Å². The average Bonchev–Trinajstić information content (AvgIpc) is 1.55. The van der Waals surface area contributed by atoms with E-state index in [2.05, 4.69) is 352 Å². The van der Waals surface area contributed by atoms with E-state index in [0.717, 1.165) is 202 Å². The van der Waals surface area contributed by atoms with E-state index in [1.807, 2.05) is 200 Å². The maximum atomic E-state index is 15.1. The van der Waals surface area contributed by atoms with Gasteiger partial charge in [0.05, 0.1) is 55.5 Å². The minimum absolute atomic E-state index is 0.883. The Labute approximate surface area is 843 Å². The highest BCUT2D eigenvalue weighted by atomic mass is 31.2. The summed E-state index contributed by atoms with van der Waals surface area (Å²) in [7, 11) is -12.0. The van der Waals surface area contributed by atoms with Gasteiger partial charge in [0.25, 0.3) is 0 Å². The second kappa shape index (κ2) is 34.2. The predicted octanol–water partition coefficient (Wildman–Crippen LogP) is 29.6. The van der Waals surface area contributed by atoms with Gasteiger partial charge in [0.1, 0.15) is 0 Å². The van der Waals surface area contributed by atoms with E-state index >= 15 is 13.7 Å². The van der Waals surface area contributed by atoms with Crippen LogP contribution in [0.1, 0.15) is 0 Å². The van der Waals surface area contributed by atoms with Crippen LogP contribution in [0.2, 0.25) is 0 Å². The molecule has 0 saturated heterocycles. The lowest BCUT2D eigenvalue weighted by Crippen LogP contribution is -2.20. The first-order valence-corrected chi connectivity index (χ1v) is 56.3. The molecular weight excluding hydrogens is 1850 g/mol. The lowest BCUT2D eigenvalue weighted by Gasteiger charge is -2.16. The van der Waals surface area contributed by atoms with Gasteiger partial charge in [-0.15, -0.1) is 0 Å². The first kappa shape index (κ1) is 86.6. The summed E-state index contributed by atoms with van der Waals surface area (Å²) < 4.78 is 69.6. The van der Waals surface area contributed by atoms with Crippen LogP contribution in [-0.4, -0.2) is 18.3 Å². The number of aromatic nitrogens is 4. The summed E-state index contributed by atoms with van der Waals surface area (Å²) >= 11 is 0. The molecule has 0 fully saturated rings. The maximum Gasteiger partial charge on any atom is 0.172 e. The molecule has 4 atom stereocenters. The third-order valence-electron chi connectivity index (χ3n) is 30.4. The summed E-state index contributed by atoms with van der Waals surface area (Å²) in [6, 6.07) is 185. The largest absolute Gasteiger partial charge is 0.309 e. The van der Waals surface area contributed by atoms with Crippen LogP contribution in [0.15, 0.2) is 534 Å². The van der Waals surface area contributed by atoms with Crippen molar-refractivity contribution < 1.29 is 18.3 Å². The molecule has 0 radical (unpaired) electrons. The smallest absolute Gasteiger partial charge is 0.172 e. The normalized spacial score (nSPS) is 16.3. The standard InChI is InChI=1S/C36H24NOP.2C34H22NOP.C30H20NOP/c38-39(26-15-5-2-6-16-26)35-22-12-9-19-29(35)31-23-34-30(24-36(31)39)28-18-8-11-21-33(28)37(34)32-20-10-7-17-27(32)25-13-3-1-4-14-25;36-37(24-13-2-1-3-14-24)33-20-9-7-17-27(33)29-21-32-28(22-34(29)37)26-16-6-8-18-31(26)35(32)30-19-10-12-23-11-4-5-15-25(23)30;36-37(26-12-2-1-3-13-26)33-17-9-7-15-28(33)30-21-32-29(22-34(30)37)27-14-6-8-16-31(27)35(32)25-19-18-23-10-4-5-11-24(23)20-25;32-33(22-13-5-2-6-14-22)29-18-10-8-16-24(29)26-19-28-25(20-30(26)33)23-15-7-9-17-27(23)31(28)21-11-3-1-4-12-21/h1-24H;2*1-22H;1-20H. The highest BCUT2D eigenvalue weighted by Gasteiger charge is 2.46. The lowest BCUT2D eigenvalue weighted by atomic mass is 10.0. The quantitative estimate of drug-likeness (QED) is 0.135. The van der Waals surface area contributed by atoms with Gasteiger partial charge in [-0.3, -0.25) is 0 Å². The third-order valence-corrected chi connectivity index (χ3v) is 42.9. The molecule has 4 unspecified atom stereocenters. The Kier molecular flexibility index (Phi) is 20.3. The van der Waals surface area contributed by atoms with Gasteiger partial charge >= 0.3 is 0 Å². The Morgan fingerprint density at radius 2 is 0.404 bits per heavy atom. The van der Waals surface area contributed by atoms with Crippen molar-refractivity contribution in [2.24, 2.45) is 0 Å². The van der Waals surface area contributed by atoms with Gasteiger partial charge in [-0.1, -0.05) is 425 Å². The molecule has 4 aliphatic heterocycles. The molecule has 0 saturated carbocycles. The number of nitrogens with zero attached hydrogens (tertiary/aromatic N) is 4. The van der Waals surface area contributed by atoms with Crippen LogP contribution in [0, 0.1) is 0 Å². The summed E-state index contributed by atoms with van der Waals surface area (Å²) in [5.41, 5.74) is 24.6. The summed E-state index contributed by atoms with van der Waals surface area (Å²) in [6.07, 6.45) is 0. The second-order valence-electron chi connectivity index (χ2n) is 38.1. The maximum absolute atomic E-state index is 15.1. The topological polar surface area (TPSA) is 88.0 Å². The van der Waals surface area contributed by atoms with Crippen LogP contribution in [0.5, 0.6) is 0 Å². The highest BCUT2D eigenvalue weighted by molar-refractivity contribution is 7.88. The molecular formula is C134H88N4O4P4. The van der Waals surface area contributed by atoms with Crippen LogP contribution < -0.4 is 63.7 Å². The fraction of sp³-hybridized carbons (Fsp3) is 0. The van der Waals surface area contributed by atoms with Crippen molar-refractivity contribution in [3.05, 3.63) is 534 Å². The molecule has 8 nitrogen and oxygen atoms in total. The van der Waals surface area contributed by atoms with Gasteiger partial charge in [0.2, 0.25) is 0 Å². The predicted molar refractivity (Wildman–Crippen MR) is 617 cm³/mol. The first-order valence-electron chi connectivity index (χ1n) is 49.5. The van der Waals surface area contributed by atoms with Crippen LogP contribution in [0.25, 0.3) is 187 Å². The van der Waals surface area contributed by atoms with Crippen molar-refractivity contribution in [1.82, 2.24) is 18.3 Å². The second-order valence-corrected chi connectivity index (χ2v) is 48.8. The molecule has 31 rings (SSSR count). The molecule has 0 spiro atoms. The summed E-state index contributed by atoms with van der Waals surface area (Å²) in [5.74, 6) is 0. The van der Waals surface area contributed by atoms with E-state index in [9.17, 15) is 4.57 Å². The molecule has 23 aromatic carbocycles. The van der Waals surface area contributed by atoms with Crippen LogP contribution in [-0.2, 0) is 18.3 Å². The number of hydrogen-bond acceptors (Lipinski definition) is 4. The zero-order valence-electron chi connectivity index (χ0n) is 79.0. The van der Waals surface area contributed by atoms with Crippen LogP contribution in [0.3, 0.4) is 0 Å². The van der Waals surface area contributed by atoms with Gasteiger partial charge in [-0.05, 0) is 175 Å². The summed E-state index contributed by atoms with van der Waals surface area (Å²) in [4.78, 5) is 0. The van der Waals surface area contributed by atoms with Crippen molar-refractivity contribution in [3.8, 4) is 78.4 Å². The minimum atomic E-state index is -3.01. The number of rotatable bonds is 9. The summed E-state index contributed by atoms with van der Waals surface area (Å²) in [6.45, 7) is 0. The minimum Gasteiger partial charge on any atom is -0.309 e. The molecule has 146 heavy (non-hydrogen) atoms. The number of benzene rings is 23. The Bertz CT molecular complexity index is 10300. The molecule has 688 valence electrons. The number of fused-ring (bicyclic) bond motifs is 26. The molecule has 8 heterocycles. The lowest BCUT2D eigenvalue weighted by molar-refractivity contribution is 0.592. The fourth-order valence-corrected chi connectivity index (χ4v) is 36.2. The van der Waals surface area contributed by atoms with Crippen molar-refractivity contribution in [3.63, 3.8) is 0 Å². The molecule has 0 bridgehead atoms. The molecule has 12 heteroatoms. The van der Waals surface area contributed by atoms with E-state index in [1.54, 1.807) is 0 Å². The molecule has 0 N–H and O–H groups in total. The fourth-order valence-electron chi connectivity index (χ4n) is 23.9. The monoisotopic (exact) mass is 1940 g/mol. The van der Waals surface area contributed by atoms with E-state index in [-0.39, 0.29) is 0 Å². The summed E-state index contributed by atoms with van der Waals surface area (Å²) in [5, 5.41) is 25.1. The van der Waals surface area contributed by atoms with Crippen LogP contribution >= 0.6 is 28.6 Å². The zero-order valence-corrected chi connectivity index (χ0v) is 82.6. The van der Waals surface area contributed by atoms with Gasteiger partial charge in [-0.2, -0.15) is 0 Å². The number of hydrogen-bond donors (Lipinski definition) is 0.